The largest absolute Gasteiger partial charge is 0.480 e. The molecule has 0 aliphatic heterocycles. The lowest BCUT2D eigenvalue weighted by molar-refractivity contribution is -0.154. The Morgan fingerprint density at radius 2 is 2.15 bits per heavy atom. The second-order valence-electron chi connectivity index (χ2n) is 3.06. The van der Waals surface area contributed by atoms with Crippen LogP contribution in [-0.2, 0) is 9.59 Å². The molecule has 0 saturated carbocycles. The van der Waals surface area contributed by atoms with Crippen LogP contribution < -0.4 is 5.73 Å². The number of aliphatic carboxylic acids is 1. The van der Waals surface area contributed by atoms with Gasteiger partial charge in [-0.1, -0.05) is 0 Å². The van der Waals surface area contributed by atoms with E-state index in [2.05, 4.69) is 5.92 Å². The summed E-state index contributed by atoms with van der Waals surface area (Å²) in [6, 6.07) is 0. The van der Waals surface area contributed by atoms with Gasteiger partial charge in [0.1, 0.15) is 5.41 Å². The molecule has 0 saturated heterocycles. The summed E-state index contributed by atoms with van der Waals surface area (Å²) in [5, 5.41) is 8.75. The molecule has 0 aromatic carbocycles. The lowest BCUT2D eigenvalue weighted by Crippen LogP contribution is -2.41. The molecule has 1 unspecified atom stereocenters. The van der Waals surface area contributed by atoms with Gasteiger partial charge in [0.25, 0.3) is 0 Å². The van der Waals surface area contributed by atoms with Crippen molar-refractivity contribution in [1.29, 1.82) is 0 Å². The van der Waals surface area contributed by atoms with Crippen molar-refractivity contribution in [1.82, 2.24) is 0 Å². The third-order valence-electron chi connectivity index (χ3n) is 2.01. The van der Waals surface area contributed by atoms with Crippen LogP contribution in [0.5, 0.6) is 0 Å². The second-order valence-corrected chi connectivity index (χ2v) is 3.06. The molecule has 1 amide bonds. The highest BCUT2D eigenvalue weighted by atomic mass is 16.4. The molecule has 0 aromatic rings. The van der Waals surface area contributed by atoms with E-state index in [0.717, 1.165) is 0 Å². The molecule has 4 heteroatoms. The maximum atomic E-state index is 10.8. The predicted molar refractivity (Wildman–Crippen MR) is 47.6 cm³/mol. The number of carboxylic acid groups (broad SMARTS) is 1. The number of unbranched alkanes of at least 4 members (excludes halogenated alkanes) is 1. The zero-order valence-corrected chi connectivity index (χ0v) is 7.54. The van der Waals surface area contributed by atoms with Crippen molar-refractivity contribution in [2.45, 2.75) is 26.2 Å². The van der Waals surface area contributed by atoms with Crippen molar-refractivity contribution in [2.24, 2.45) is 11.1 Å². The fourth-order valence-electron chi connectivity index (χ4n) is 0.880. The molecule has 0 fully saturated rings. The van der Waals surface area contributed by atoms with E-state index < -0.39 is 17.3 Å². The molecule has 13 heavy (non-hydrogen) atoms. The monoisotopic (exact) mass is 183 g/mol. The van der Waals surface area contributed by atoms with Crippen LogP contribution in [0, 0.1) is 17.8 Å². The first kappa shape index (κ1) is 11.5. The minimum atomic E-state index is -1.49. The molecule has 0 spiro atoms. The molecule has 1 atom stereocenters. The smallest absolute Gasteiger partial charge is 0.318 e. The van der Waals surface area contributed by atoms with Crippen LogP contribution >= 0.6 is 0 Å². The third kappa shape index (κ3) is 2.79. The summed E-state index contributed by atoms with van der Waals surface area (Å²) in [7, 11) is 0. The third-order valence-corrected chi connectivity index (χ3v) is 2.01. The van der Waals surface area contributed by atoms with Crippen LogP contribution in [0.1, 0.15) is 26.2 Å². The van der Waals surface area contributed by atoms with Gasteiger partial charge in [-0.2, -0.15) is 0 Å². The van der Waals surface area contributed by atoms with E-state index in [0.29, 0.717) is 12.8 Å². The standard InChI is InChI=1S/C9H13NO3/c1-3-4-5-6-9(2,7(10)11)8(12)13/h1H,4-6H2,2H3,(H2,10,11)(H,12,13). The number of hydrogen-bond acceptors (Lipinski definition) is 2. The number of carboxylic acids is 1. The van der Waals surface area contributed by atoms with Crippen LogP contribution in [0.2, 0.25) is 0 Å². The van der Waals surface area contributed by atoms with Crippen molar-refractivity contribution in [3.8, 4) is 12.3 Å². The summed E-state index contributed by atoms with van der Waals surface area (Å²) in [5.41, 5.74) is 3.49. The Kier molecular flexibility index (Phi) is 3.99. The molecule has 0 aromatic heterocycles. The number of carbonyl (C=O) groups excluding carboxylic acids is 1. The first-order valence-electron chi connectivity index (χ1n) is 3.92. The van der Waals surface area contributed by atoms with E-state index in [1.807, 2.05) is 0 Å². The van der Waals surface area contributed by atoms with Crippen LogP contribution in [0.4, 0.5) is 0 Å². The minimum absolute atomic E-state index is 0.182. The van der Waals surface area contributed by atoms with Crippen molar-refractivity contribution in [3.05, 3.63) is 0 Å². The molecule has 4 nitrogen and oxygen atoms in total. The van der Waals surface area contributed by atoms with Crippen molar-refractivity contribution in [3.63, 3.8) is 0 Å². The number of terminal acetylenes is 1. The fourth-order valence-corrected chi connectivity index (χ4v) is 0.880. The number of rotatable bonds is 5. The zero-order valence-electron chi connectivity index (χ0n) is 7.54. The molecule has 0 bridgehead atoms. The Labute approximate surface area is 77.1 Å². The van der Waals surface area contributed by atoms with Gasteiger partial charge in [0.15, 0.2) is 0 Å². The van der Waals surface area contributed by atoms with E-state index in [-0.39, 0.29) is 6.42 Å². The van der Waals surface area contributed by atoms with Gasteiger partial charge in [0, 0.05) is 6.42 Å². The molecule has 3 N–H and O–H groups in total. The average Bonchev–Trinajstić information content (AvgIpc) is 2.03. The summed E-state index contributed by atoms with van der Waals surface area (Å²) in [6.07, 6.45) is 6.12. The summed E-state index contributed by atoms with van der Waals surface area (Å²) in [6.45, 7) is 1.31. The zero-order chi connectivity index (χ0) is 10.5. The number of amides is 1. The highest BCUT2D eigenvalue weighted by molar-refractivity contribution is 6.00. The van der Waals surface area contributed by atoms with E-state index in [1.54, 1.807) is 0 Å². The quantitative estimate of drug-likeness (QED) is 0.367. The van der Waals surface area contributed by atoms with Gasteiger partial charge in [-0.25, -0.2) is 0 Å². The molecular weight excluding hydrogens is 170 g/mol. The van der Waals surface area contributed by atoms with Crippen molar-refractivity contribution >= 4 is 11.9 Å². The van der Waals surface area contributed by atoms with Gasteiger partial charge in [0.05, 0.1) is 0 Å². The summed E-state index contributed by atoms with van der Waals surface area (Å²) in [5.74, 6) is 0.354. The topological polar surface area (TPSA) is 80.4 Å². The normalized spacial score (nSPS) is 14.2. The first-order valence-corrected chi connectivity index (χ1v) is 3.92. The first-order chi connectivity index (χ1) is 5.95. The predicted octanol–water partition coefficient (Wildman–Crippen LogP) is 0.366. The Morgan fingerprint density at radius 1 is 1.62 bits per heavy atom. The maximum absolute atomic E-state index is 10.8. The van der Waals surface area contributed by atoms with E-state index >= 15 is 0 Å². The van der Waals surface area contributed by atoms with E-state index in [9.17, 15) is 9.59 Å². The molecule has 0 rings (SSSR count). The van der Waals surface area contributed by atoms with Crippen LogP contribution in [0.25, 0.3) is 0 Å². The Balaban J connectivity index is 4.36. The molecule has 0 aliphatic carbocycles. The number of nitrogens with two attached hydrogens (primary N) is 1. The van der Waals surface area contributed by atoms with Gasteiger partial charge in [0.2, 0.25) is 5.91 Å². The fraction of sp³-hybridized carbons (Fsp3) is 0.556. The van der Waals surface area contributed by atoms with Gasteiger partial charge in [-0.15, -0.1) is 12.3 Å². The van der Waals surface area contributed by atoms with Gasteiger partial charge >= 0.3 is 5.97 Å². The second kappa shape index (κ2) is 4.51. The van der Waals surface area contributed by atoms with Crippen molar-refractivity contribution in [2.75, 3.05) is 0 Å². The molecule has 0 radical (unpaired) electrons. The SMILES string of the molecule is C#CCCCC(C)(C(N)=O)C(=O)O. The summed E-state index contributed by atoms with van der Waals surface area (Å²) < 4.78 is 0. The number of primary amides is 1. The Bertz CT molecular complexity index is 238. The van der Waals surface area contributed by atoms with E-state index in [4.69, 9.17) is 17.3 Å². The average molecular weight is 183 g/mol. The number of carbonyl (C=O) groups is 2. The van der Waals surface area contributed by atoms with Crippen molar-refractivity contribution < 1.29 is 14.7 Å². The van der Waals surface area contributed by atoms with Gasteiger partial charge in [-0.05, 0) is 19.8 Å². The minimum Gasteiger partial charge on any atom is -0.480 e. The number of hydrogen-bond donors (Lipinski definition) is 2. The lowest BCUT2D eigenvalue weighted by Gasteiger charge is -2.19. The van der Waals surface area contributed by atoms with Crippen LogP contribution in [-0.4, -0.2) is 17.0 Å². The lowest BCUT2D eigenvalue weighted by atomic mass is 9.84. The molecule has 0 aliphatic rings. The highest BCUT2D eigenvalue weighted by Gasteiger charge is 2.38. The molecule has 0 heterocycles. The maximum Gasteiger partial charge on any atom is 0.318 e. The van der Waals surface area contributed by atoms with Gasteiger partial charge in [-0.3, -0.25) is 9.59 Å². The Morgan fingerprint density at radius 3 is 2.46 bits per heavy atom. The van der Waals surface area contributed by atoms with Gasteiger partial charge < -0.3 is 10.8 Å². The summed E-state index contributed by atoms with van der Waals surface area (Å²) in [4.78, 5) is 21.6. The van der Waals surface area contributed by atoms with E-state index in [1.165, 1.54) is 6.92 Å². The Hall–Kier alpha value is -1.50. The summed E-state index contributed by atoms with van der Waals surface area (Å²) >= 11 is 0. The van der Waals surface area contributed by atoms with Crippen LogP contribution in [0.3, 0.4) is 0 Å². The highest BCUT2D eigenvalue weighted by Crippen LogP contribution is 2.23. The molecule has 72 valence electrons. The molecular formula is C9H13NO3. The van der Waals surface area contributed by atoms with Crippen LogP contribution in [0.15, 0.2) is 0 Å².